The zero-order valence-electron chi connectivity index (χ0n) is 23.5. The Hall–Kier alpha value is -3.18. The van der Waals surface area contributed by atoms with Gasteiger partial charge in [0.1, 0.15) is 6.04 Å². The van der Waals surface area contributed by atoms with Crippen LogP contribution in [0.25, 0.3) is 11.3 Å². The molecule has 2 aromatic carbocycles. The van der Waals surface area contributed by atoms with Crippen LogP contribution in [0.2, 0.25) is 10.0 Å². The molecule has 42 heavy (non-hydrogen) atoms. The number of amides is 2. The van der Waals surface area contributed by atoms with Gasteiger partial charge in [0.2, 0.25) is 5.91 Å². The van der Waals surface area contributed by atoms with Crippen LogP contribution >= 0.6 is 34.5 Å². The number of hydrogen-bond acceptors (Lipinski definition) is 8. The number of nitrogens with zero attached hydrogens (tertiary/aromatic N) is 4. The second-order valence-corrected chi connectivity index (χ2v) is 12.7. The zero-order chi connectivity index (χ0) is 30.1. The van der Waals surface area contributed by atoms with E-state index < -0.39 is 18.2 Å². The number of fused-ring (bicyclic) bond motifs is 1. The van der Waals surface area contributed by atoms with Crippen LogP contribution in [0.3, 0.4) is 0 Å². The lowest BCUT2D eigenvalue weighted by atomic mass is 10.0. The van der Waals surface area contributed by atoms with Gasteiger partial charge in [-0.1, -0.05) is 61.3 Å². The number of aliphatic hydroxyl groups excluding tert-OH is 1. The summed E-state index contributed by atoms with van der Waals surface area (Å²) in [4.78, 5) is 49.9. The maximum absolute atomic E-state index is 13.4. The molecule has 12 heteroatoms. The van der Waals surface area contributed by atoms with Crippen LogP contribution in [0, 0.1) is 5.92 Å². The molecule has 0 aliphatic carbocycles. The first kappa shape index (κ1) is 30.3. The number of carbonyl (C=O) groups is 3. The zero-order valence-corrected chi connectivity index (χ0v) is 25.9. The third-order valence-corrected chi connectivity index (χ3v) is 9.39. The maximum Gasteiger partial charge on any atom is 0.330 e. The summed E-state index contributed by atoms with van der Waals surface area (Å²) >= 11 is 14.0. The predicted molar refractivity (Wildman–Crippen MR) is 163 cm³/mol. The van der Waals surface area contributed by atoms with Crippen molar-refractivity contribution in [1.29, 1.82) is 0 Å². The molecule has 2 aliphatic heterocycles. The van der Waals surface area contributed by atoms with Crippen molar-refractivity contribution in [2.75, 3.05) is 38.2 Å². The van der Waals surface area contributed by atoms with Crippen molar-refractivity contribution in [2.45, 2.75) is 39.0 Å². The Morgan fingerprint density at radius 2 is 1.90 bits per heavy atom. The average Bonchev–Trinajstić information content (AvgIpc) is 3.50. The monoisotopic (exact) mass is 630 g/mol. The van der Waals surface area contributed by atoms with E-state index in [2.05, 4.69) is 13.8 Å². The molecule has 3 heterocycles. The summed E-state index contributed by atoms with van der Waals surface area (Å²) in [5.74, 6) is -0.747. The van der Waals surface area contributed by atoms with Crippen molar-refractivity contribution in [1.82, 2.24) is 14.8 Å². The van der Waals surface area contributed by atoms with Crippen molar-refractivity contribution in [3.63, 3.8) is 0 Å². The van der Waals surface area contributed by atoms with Crippen LogP contribution in [-0.2, 0) is 20.7 Å². The highest BCUT2D eigenvalue weighted by atomic mass is 35.5. The summed E-state index contributed by atoms with van der Waals surface area (Å²) < 4.78 is 5.08. The van der Waals surface area contributed by atoms with Crippen LogP contribution in [0.1, 0.15) is 47.3 Å². The number of thiazole rings is 1. The Labute approximate surface area is 258 Å². The quantitative estimate of drug-likeness (QED) is 0.348. The second-order valence-electron chi connectivity index (χ2n) is 10.8. The molecule has 3 aromatic rings. The Morgan fingerprint density at radius 3 is 2.60 bits per heavy atom. The van der Waals surface area contributed by atoms with E-state index in [9.17, 15) is 19.5 Å². The number of methoxy groups -OCH3 is 1. The number of hydrogen-bond donors (Lipinski definition) is 1. The van der Waals surface area contributed by atoms with E-state index >= 15 is 0 Å². The fourth-order valence-corrected chi connectivity index (χ4v) is 7.01. The van der Waals surface area contributed by atoms with Crippen LogP contribution < -0.4 is 4.90 Å². The van der Waals surface area contributed by atoms with Gasteiger partial charge in [-0.05, 0) is 30.5 Å². The summed E-state index contributed by atoms with van der Waals surface area (Å²) in [7, 11) is 1.30. The molecular weight excluding hydrogens is 599 g/mol. The number of piperazine rings is 1. The molecule has 5 rings (SSSR count). The summed E-state index contributed by atoms with van der Waals surface area (Å²) in [5.41, 5.74) is 2.64. The highest BCUT2D eigenvalue weighted by Gasteiger charge is 2.39. The lowest BCUT2D eigenvalue weighted by Gasteiger charge is -2.40. The van der Waals surface area contributed by atoms with E-state index in [1.54, 1.807) is 47.7 Å². The average molecular weight is 632 g/mol. The number of halogens is 2. The van der Waals surface area contributed by atoms with Gasteiger partial charge in [0.25, 0.3) is 5.91 Å². The van der Waals surface area contributed by atoms with Gasteiger partial charge in [-0.15, -0.1) is 11.3 Å². The second kappa shape index (κ2) is 12.6. The first-order valence-corrected chi connectivity index (χ1v) is 15.3. The molecule has 1 N–H and O–H groups in total. The number of rotatable bonds is 8. The Kier molecular flexibility index (Phi) is 9.08. The molecular formula is C30H32Cl2N4O5S. The third-order valence-electron chi connectivity index (χ3n) is 7.51. The predicted octanol–water partition coefficient (Wildman–Crippen LogP) is 5.04. The van der Waals surface area contributed by atoms with Crippen molar-refractivity contribution in [2.24, 2.45) is 5.92 Å². The van der Waals surface area contributed by atoms with Gasteiger partial charge in [0.15, 0.2) is 11.4 Å². The van der Waals surface area contributed by atoms with Gasteiger partial charge in [-0.25, -0.2) is 9.78 Å². The van der Waals surface area contributed by atoms with E-state index in [1.165, 1.54) is 16.9 Å². The normalized spacial score (nSPS) is 18.5. The Bertz CT molecular complexity index is 1510. The van der Waals surface area contributed by atoms with Crippen molar-refractivity contribution in [3.8, 4) is 11.3 Å². The lowest BCUT2D eigenvalue weighted by molar-refractivity contribution is -0.153. The summed E-state index contributed by atoms with van der Waals surface area (Å²) in [5, 5.41) is 12.3. The molecule has 1 saturated heterocycles. The van der Waals surface area contributed by atoms with Crippen molar-refractivity contribution in [3.05, 3.63) is 68.5 Å². The van der Waals surface area contributed by atoms with Gasteiger partial charge in [-0.2, -0.15) is 0 Å². The fraction of sp³-hybridized carbons (Fsp3) is 0.400. The number of carbonyl (C=O) groups excluding carboxylic acids is 3. The summed E-state index contributed by atoms with van der Waals surface area (Å²) in [6.45, 7) is 5.26. The van der Waals surface area contributed by atoms with Crippen molar-refractivity contribution < 1.29 is 24.2 Å². The smallest absolute Gasteiger partial charge is 0.330 e. The van der Waals surface area contributed by atoms with E-state index in [1.807, 2.05) is 11.0 Å². The topological polar surface area (TPSA) is 103 Å². The maximum atomic E-state index is 13.4. The summed E-state index contributed by atoms with van der Waals surface area (Å²) in [6.07, 6.45) is -0.331. The SMILES string of the molecule is COC(=O)C1CN(c2nc(-c3ccc(Cl)c(Cl)c3)c(CC(C)C)s2)CCN1C(=O)CCN1C(=O)c2ccccc2C1O. The van der Waals surface area contributed by atoms with Crippen LogP contribution in [0.15, 0.2) is 42.5 Å². The van der Waals surface area contributed by atoms with E-state index in [0.29, 0.717) is 33.6 Å². The molecule has 9 nitrogen and oxygen atoms in total. The molecule has 2 atom stereocenters. The van der Waals surface area contributed by atoms with Crippen molar-refractivity contribution >= 4 is 57.5 Å². The minimum absolute atomic E-state index is 0.0275. The number of anilines is 1. The standard InChI is InChI=1S/C30H32Cl2N4O5S/c1-17(2)14-24-26(18-8-9-21(31)22(32)15-18)33-30(42-24)34-12-13-35(23(16-34)29(40)41-3)25(37)10-11-36-27(38)19-6-4-5-7-20(19)28(36)39/h4-9,15,17,23,27,38H,10-14,16H2,1-3H3. The van der Waals surface area contributed by atoms with E-state index in [0.717, 1.165) is 27.7 Å². The lowest BCUT2D eigenvalue weighted by Crippen LogP contribution is -2.59. The minimum Gasteiger partial charge on any atom is -0.467 e. The van der Waals surface area contributed by atoms with Gasteiger partial charge in [0, 0.05) is 47.6 Å². The summed E-state index contributed by atoms with van der Waals surface area (Å²) in [6, 6.07) is 11.5. The Balaban J connectivity index is 1.32. The molecule has 0 saturated carbocycles. The molecule has 2 unspecified atom stereocenters. The number of aliphatic hydroxyl groups is 1. The molecule has 222 valence electrons. The highest BCUT2D eigenvalue weighted by Crippen LogP contribution is 2.38. The minimum atomic E-state index is -1.11. The van der Waals surface area contributed by atoms with Gasteiger partial charge >= 0.3 is 5.97 Å². The first-order chi connectivity index (χ1) is 20.1. The fourth-order valence-electron chi connectivity index (χ4n) is 5.38. The molecule has 2 aliphatic rings. The van der Waals surface area contributed by atoms with Crippen LogP contribution in [0.5, 0.6) is 0 Å². The third kappa shape index (κ3) is 5.99. The number of aromatic nitrogens is 1. The highest BCUT2D eigenvalue weighted by molar-refractivity contribution is 7.16. The molecule has 0 spiro atoms. The first-order valence-electron chi connectivity index (χ1n) is 13.7. The van der Waals surface area contributed by atoms with Crippen LogP contribution in [-0.4, -0.2) is 77.0 Å². The number of ether oxygens (including phenoxy) is 1. The molecule has 2 amide bonds. The molecule has 0 radical (unpaired) electrons. The van der Waals surface area contributed by atoms with E-state index in [-0.39, 0.29) is 37.9 Å². The molecule has 1 aromatic heterocycles. The molecule has 1 fully saturated rings. The van der Waals surface area contributed by atoms with Gasteiger partial charge in [-0.3, -0.25) is 9.59 Å². The largest absolute Gasteiger partial charge is 0.467 e. The number of esters is 1. The van der Waals surface area contributed by atoms with Gasteiger partial charge in [0.05, 0.1) is 29.4 Å². The van der Waals surface area contributed by atoms with Gasteiger partial charge < -0.3 is 24.5 Å². The Morgan fingerprint density at radius 1 is 1.14 bits per heavy atom. The molecule has 0 bridgehead atoms. The van der Waals surface area contributed by atoms with E-state index in [4.69, 9.17) is 32.9 Å². The number of benzene rings is 2. The van der Waals surface area contributed by atoms with Crippen LogP contribution in [0.4, 0.5) is 5.13 Å².